The van der Waals surface area contributed by atoms with E-state index in [-0.39, 0.29) is 17.9 Å². The second-order valence-electron chi connectivity index (χ2n) is 8.97. The molecule has 33 heavy (non-hydrogen) atoms. The topological polar surface area (TPSA) is 77.2 Å². The molecule has 0 bridgehead atoms. The fourth-order valence-corrected chi connectivity index (χ4v) is 3.25. The van der Waals surface area contributed by atoms with E-state index in [1.54, 1.807) is 12.1 Å². The first kappa shape index (κ1) is 22.3. The summed E-state index contributed by atoms with van der Waals surface area (Å²) in [7, 11) is 0. The number of hydrogen-bond donors (Lipinski definition) is 1. The summed E-state index contributed by atoms with van der Waals surface area (Å²) in [6.07, 6.45) is 0. The van der Waals surface area contributed by atoms with Crippen LogP contribution in [0, 0.1) is 6.92 Å². The predicted octanol–water partition coefficient (Wildman–Crippen LogP) is 6.03. The first-order valence-corrected chi connectivity index (χ1v) is 10.8. The molecule has 4 rings (SSSR count). The van der Waals surface area contributed by atoms with Gasteiger partial charge in [-0.3, -0.25) is 4.79 Å². The van der Waals surface area contributed by atoms with Crippen LogP contribution in [-0.4, -0.2) is 22.7 Å². The van der Waals surface area contributed by atoms with Crippen molar-refractivity contribution >= 4 is 11.6 Å². The standard InChI is InChI=1S/C27H27N3O3/c1-18-5-15-23(16-6-18)32-17-24(31)28-22-13-9-20(10-14-22)26-30-29-25(33-26)19-7-11-21(12-8-19)27(2,3)4/h5-16H,17H2,1-4H3,(H,28,31). The maximum atomic E-state index is 12.2. The van der Waals surface area contributed by atoms with Gasteiger partial charge in [-0.15, -0.1) is 10.2 Å². The number of aromatic nitrogens is 2. The van der Waals surface area contributed by atoms with Crippen molar-refractivity contribution in [2.45, 2.75) is 33.1 Å². The number of hydrogen-bond acceptors (Lipinski definition) is 5. The number of carbonyl (C=O) groups excluding carboxylic acids is 1. The van der Waals surface area contributed by atoms with Gasteiger partial charge in [0.15, 0.2) is 6.61 Å². The highest BCUT2D eigenvalue weighted by Crippen LogP contribution is 2.28. The second kappa shape index (κ2) is 9.28. The van der Waals surface area contributed by atoms with Gasteiger partial charge in [0, 0.05) is 16.8 Å². The van der Waals surface area contributed by atoms with Crippen LogP contribution in [0.2, 0.25) is 0 Å². The Morgan fingerprint density at radius 1 is 0.848 bits per heavy atom. The molecule has 0 spiro atoms. The zero-order chi connectivity index (χ0) is 23.4. The number of rotatable bonds is 6. The average molecular weight is 442 g/mol. The largest absolute Gasteiger partial charge is 0.484 e. The van der Waals surface area contributed by atoms with Crippen LogP contribution in [-0.2, 0) is 10.2 Å². The number of nitrogens with one attached hydrogen (secondary N) is 1. The molecule has 4 aromatic rings. The second-order valence-corrected chi connectivity index (χ2v) is 8.97. The van der Waals surface area contributed by atoms with Gasteiger partial charge in [-0.05, 0) is 66.4 Å². The molecule has 0 aliphatic carbocycles. The summed E-state index contributed by atoms with van der Waals surface area (Å²) in [5.41, 5.74) is 4.77. The van der Waals surface area contributed by atoms with E-state index >= 15 is 0 Å². The van der Waals surface area contributed by atoms with Gasteiger partial charge in [0.25, 0.3) is 5.91 Å². The number of benzene rings is 3. The Balaban J connectivity index is 1.37. The Hall–Kier alpha value is -3.93. The summed E-state index contributed by atoms with van der Waals surface area (Å²) in [6.45, 7) is 8.47. The van der Waals surface area contributed by atoms with Gasteiger partial charge in [-0.1, -0.05) is 50.6 Å². The minimum Gasteiger partial charge on any atom is -0.484 e. The van der Waals surface area contributed by atoms with Crippen LogP contribution in [0.1, 0.15) is 31.9 Å². The lowest BCUT2D eigenvalue weighted by Gasteiger charge is -2.18. The fraction of sp³-hybridized carbons (Fsp3) is 0.222. The van der Waals surface area contributed by atoms with E-state index in [1.807, 2.05) is 55.5 Å². The number of aryl methyl sites for hydroxylation is 1. The average Bonchev–Trinajstić information content (AvgIpc) is 3.29. The van der Waals surface area contributed by atoms with Crippen LogP contribution in [0.3, 0.4) is 0 Å². The Kier molecular flexibility index (Phi) is 6.27. The lowest BCUT2D eigenvalue weighted by atomic mass is 9.87. The maximum Gasteiger partial charge on any atom is 0.262 e. The summed E-state index contributed by atoms with van der Waals surface area (Å²) >= 11 is 0. The van der Waals surface area contributed by atoms with Gasteiger partial charge in [0.2, 0.25) is 11.8 Å². The molecule has 0 fully saturated rings. The molecule has 0 radical (unpaired) electrons. The molecule has 0 aliphatic rings. The van der Waals surface area contributed by atoms with E-state index in [1.165, 1.54) is 5.56 Å². The molecule has 3 aromatic carbocycles. The number of nitrogens with zero attached hydrogens (tertiary/aromatic N) is 2. The zero-order valence-corrected chi connectivity index (χ0v) is 19.3. The summed E-state index contributed by atoms with van der Waals surface area (Å²) in [4.78, 5) is 12.2. The zero-order valence-electron chi connectivity index (χ0n) is 19.3. The normalized spacial score (nSPS) is 11.3. The van der Waals surface area contributed by atoms with E-state index in [0.29, 0.717) is 23.2 Å². The SMILES string of the molecule is Cc1ccc(OCC(=O)Nc2ccc(-c3nnc(-c4ccc(C(C)(C)C)cc4)o3)cc2)cc1. The van der Waals surface area contributed by atoms with Crippen molar-refractivity contribution in [2.24, 2.45) is 0 Å². The van der Waals surface area contributed by atoms with Crippen LogP contribution in [0.25, 0.3) is 22.9 Å². The predicted molar refractivity (Wildman–Crippen MR) is 129 cm³/mol. The van der Waals surface area contributed by atoms with Crippen molar-refractivity contribution in [3.05, 3.63) is 83.9 Å². The minimum absolute atomic E-state index is 0.0637. The molecule has 6 heteroatoms. The van der Waals surface area contributed by atoms with Gasteiger partial charge in [-0.25, -0.2) is 0 Å². The minimum atomic E-state index is -0.234. The van der Waals surface area contributed by atoms with Gasteiger partial charge in [0.1, 0.15) is 5.75 Å². The van der Waals surface area contributed by atoms with Gasteiger partial charge in [-0.2, -0.15) is 0 Å². The summed E-state index contributed by atoms with van der Waals surface area (Å²) < 4.78 is 11.4. The highest BCUT2D eigenvalue weighted by atomic mass is 16.5. The molecule has 1 N–H and O–H groups in total. The third kappa shape index (κ3) is 5.66. The molecular weight excluding hydrogens is 414 g/mol. The fourth-order valence-electron chi connectivity index (χ4n) is 3.25. The van der Waals surface area contributed by atoms with Gasteiger partial charge < -0.3 is 14.5 Å². The van der Waals surface area contributed by atoms with E-state index in [9.17, 15) is 4.79 Å². The molecule has 1 aromatic heterocycles. The van der Waals surface area contributed by atoms with E-state index < -0.39 is 0 Å². The van der Waals surface area contributed by atoms with Crippen LogP contribution >= 0.6 is 0 Å². The summed E-state index contributed by atoms with van der Waals surface area (Å²) in [5, 5.41) is 11.2. The van der Waals surface area contributed by atoms with Crippen molar-refractivity contribution < 1.29 is 13.9 Å². The maximum absolute atomic E-state index is 12.2. The van der Waals surface area contributed by atoms with Crippen molar-refractivity contribution in [1.29, 1.82) is 0 Å². The molecule has 1 amide bonds. The molecule has 0 atom stereocenters. The number of amides is 1. The van der Waals surface area contributed by atoms with E-state index in [4.69, 9.17) is 9.15 Å². The third-order valence-electron chi connectivity index (χ3n) is 5.23. The monoisotopic (exact) mass is 441 g/mol. The molecule has 6 nitrogen and oxygen atoms in total. The first-order valence-electron chi connectivity index (χ1n) is 10.8. The Morgan fingerprint density at radius 2 is 1.39 bits per heavy atom. The van der Waals surface area contributed by atoms with Crippen LogP contribution in [0.15, 0.2) is 77.2 Å². The molecule has 0 saturated carbocycles. The molecule has 1 heterocycles. The molecular formula is C27H27N3O3. The first-order chi connectivity index (χ1) is 15.8. The molecule has 0 aliphatic heterocycles. The lowest BCUT2D eigenvalue weighted by Crippen LogP contribution is -2.20. The number of carbonyl (C=O) groups is 1. The highest BCUT2D eigenvalue weighted by molar-refractivity contribution is 5.92. The Bertz CT molecular complexity index is 1220. The van der Waals surface area contributed by atoms with Crippen LogP contribution < -0.4 is 10.1 Å². The Morgan fingerprint density at radius 3 is 1.94 bits per heavy atom. The van der Waals surface area contributed by atoms with Gasteiger partial charge >= 0.3 is 0 Å². The number of ether oxygens (including phenoxy) is 1. The highest BCUT2D eigenvalue weighted by Gasteiger charge is 2.15. The number of anilines is 1. The molecule has 168 valence electrons. The van der Waals surface area contributed by atoms with Crippen molar-refractivity contribution in [2.75, 3.05) is 11.9 Å². The summed E-state index contributed by atoms with van der Waals surface area (Å²) in [5.74, 6) is 1.31. The van der Waals surface area contributed by atoms with E-state index in [2.05, 4.69) is 48.4 Å². The van der Waals surface area contributed by atoms with Crippen molar-refractivity contribution in [3.63, 3.8) is 0 Å². The summed E-state index contributed by atoms with van der Waals surface area (Å²) in [6, 6.07) is 23.0. The van der Waals surface area contributed by atoms with Crippen LogP contribution in [0.4, 0.5) is 5.69 Å². The van der Waals surface area contributed by atoms with Crippen LogP contribution in [0.5, 0.6) is 5.75 Å². The quantitative estimate of drug-likeness (QED) is 0.395. The van der Waals surface area contributed by atoms with E-state index in [0.717, 1.165) is 16.7 Å². The molecule has 0 saturated heterocycles. The Labute approximate surface area is 193 Å². The van der Waals surface area contributed by atoms with Gasteiger partial charge in [0.05, 0.1) is 0 Å². The van der Waals surface area contributed by atoms with Crippen molar-refractivity contribution in [3.8, 4) is 28.7 Å². The third-order valence-corrected chi connectivity index (χ3v) is 5.23. The smallest absolute Gasteiger partial charge is 0.262 e. The lowest BCUT2D eigenvalue weighted by molar-refractivity contribution is -0.118. The van der Waals surface area contributed by atoms with Crippen molar-refractivity contribution in [1.82, 2.24) is 10.2 Å². The molecule has 0 unspecified atom stereocenters.